The van der Waals surface area contributed by atoms with E-state index in [1.165, 1.54) is 12.1 Å². The Morgan fingerprint density at radius 3 is 2.60 bits per heavy atom. The Hall–Kier alpha value is -1.91. The number of benzene rings is 1. The van der Waals surface area contributed by atoms with E-state index >= 15 is 0 Å². The molecule has 0 aliphatic heterocycles. The van der Waals surface area contributed by atoms with Crippen LogP contribution in [0.15, 0.2) is 24.3 Å². The summed E-state index contributed by atoms with van der Waals surface area (Å²) >= 11 is 0. The molecule has 2 rings (SSSR count). The molecular weight excluding hydrogens is 261 g/mol. The molecular formula is C15H18FNO3. The molecule has 0 atom stereocenters. The second-order valence-corrected chi connectivity index (χ2v) is 5.41. The molecule has 0 saturated heterocycles. The van der Waals surface area contributed by atoms with Crippen molar-refractivity contribution in [1.29, 1.82) is 0 Å². The van der Waals surface area contributed by atoms with Crippen molar-refractivity contribution in [3.63, 3.8) is 0 Å². The lowest BCUT2D eigenvalue weighted by molar-refractivity contribution is -0.139. The molecule has 0 unspecified atom stereocenters. The summed E-state index contributed by atoms with van der Waals surface area (Å²) in [5.41, 5.74) is -0.0399. The third-order valence-electron chi connectivity index (χ3n) is 3.71. The molecule has 1 amide bonds. The van der Waals surface area contributed by atoms with Gasteiger partial charge in [0.15, 0.2) is 0 Å². The molecule has 1 aliphatic rings. The highest BCUT2D eigenvalue weighted by molar-refractivity contribution is 5.80. The summed E-state index contributed by atoms with van der Waals surface area (Å²) in [6.45, 7) is 0. The lowest BCUT2D eigenvalue weighted by Gasteiger charge is -2.28. The maximum absolute atomic E-state index is 13.1. The van der Waals surface area contributed by atoms with Gasteiger partial charge in [0.1, 0.15) is 5.82 Å². The number of carboxylic acid groups (broad SMARTS) is 1. The molecule has 4 nitrogen and oxygen atoms in total. The van der Waals surface area contributed by atoms with Gasteiger partial charge in [0.05, 0.1) is 18.4 Å². The van der Waals surface area contributed by atoms with Crippen molar-refractivity contribution in [1.82, 2.24) is 5.32 Å². The number of hydrogen-bond donors (Lipinski definition) is 2. The minimum absolute atomic E-state index is 0.0537. The van der Waals surface area contributed by atoms with Crippen molar-refractivity contribution in [2.45, 2.75) is 44.1 Å². The number of carboxylic acids is 1. The zero-order valence-electron chi connectivity index (χ0n) is 11.2. The Morgan fingerprint density at radius 1 is 1.30 bits per heavy atom. The summed E-state index contributed by atoms with van der Waals surface area (Å²) in [5, 5.41) is 11.8. The van der Waals surface area contributed by atoms with Gasteiger partial charge in [-0.1, -0.05) is 25.0 Å². The standard InChI is InChI=1S/C15H18FNO3/c16-12-5-3-4-11(8-12)9-13(18)17-15(10-14(19)20)6-1-2-7-15/h3-5,8H,1-2,6-7,9-10H2,(H,17,18)(H,19,20). The normalized spacial score (nSPS) is 16.9. The number of amides is 1. The summed E-state index contributed by atoms with van der Waals surface area (Å²) < 4.78 is 13.1. The van der Waals surface area contributed by atoms with Crippen LogP contribution in [0.1, 0.15) is 37.7 Å². The van der Waals surface area contributed by atoms with Crippen LogP contribution < -0.4 is 5.32 Å². The molecule has 1 aliphatic carbocycles. The Balaban J connectivity index is 2.00. The van der Waals surface area contributed by atoms with E-state index in [1.807, 2.05) is 0 Å². The Morgan fingerprint density at radius 2 is 2.00 bits per heavy atom. The zero-order valence-corrected chi connectivity index (χ0v) is 11.2. The average Bonchev–Trinajstić information content (AvgIpc) is 2.75. The van der Waals surface area contributed by atoms with E-state index in [4.69, 9.17) is 5.11 Å². The first kappa shape index (κ1) is 14.5. The molecule has 5 heteroatoms. The Kier molecular flexibility index (Phi) is 4.37. The van der Waals surface area contributed by atoms with E-state index in [-0.39, 0.29) is 24.6 Å². The van der Waals surface area contributed by atoms with Gasteiger partial charge in [0, 0.05) is 0 Å². The van der Waals surface area contributed by atoms with E-state index < -0.39 is 11.5 Å². The summed E-state index contributed by atoms with van der Waals surface area (Å²) in [5.74, 6) is -1.53. The molecule has 20 heavy (non-hydrogen) atoms. The van der Waals surface area contributed by atoms with Crippen LogP contribution in [-0.2, 0) is 16.0 Å². The molecule has 0 spiro atoms. The number of halogens is 1. The van der Waals surface area contributed by atoms with Crippen molar-refractivity contribution in [2.75, 3.05) is 0 Å². The topological polar surface area (TPSA) is 66.4 Å². The predicted molar refractivity (Wildman–Crippen MR) is 71.7 cm³/mol. The number of nitrogens with one attached hydrogen (secondary N) is 1. The fourth-order valence-electron chi connectivity index (χ4n) is 2.86. The van der Waals surface area contributed by atoms with Gasteiger partial charge in [0.25, 0.3) is 0 Å². The van der Waals surface area contributed by atoms with Gasteiger partial charge in [-0.3, -0.25) is 9.59 Å². The van der Waals surface area contributed by atoms with Crippen LogP contribution in [0.5, 0.6) is 0 Å². The Bertz CT molecular complexity index is 510. The van der Waals surface area contributed by atoms with E-state index in [0.29, 0.717) is 18.4 Å². The largest absolute Gasteiger partial charge is 0.481 e. The molecule has 2 N–H and O–H groups in total. The maximum Gasteiger partial charge on any atom is 0.305 e. The van der Waals surface area contributed by atoms with Gasteiger partial charge in [-0.15, -0.1) is 0 Å². The minimum Gasteiger partial charge on any atom is -0.481 e. The first-order valence-electron chi connectivity index (χ1n) is 6.76. The van der Waals surface area contributed by atoms with Crippen molar-refractivity contribution in [2.24, 2.45) is 0 Å². The molecule has 0 aromatic heterocycles. The fourth-order valence-corrected chi connectivity index (χ4v) is 2.86. The summed E-state index contributed by atoms with van der Waals surface area (Å²) in [7, 11) is 0. The number of carbonyl (C=O) groups excluding carboxylic acids is 1. The van der Waals surface area contributed by atoms with Gasteiger partial charge in [-0.05, 0) is 30.5 Å². The highest BCUT2D eigenvalue weighted by atomic mass is 19.1. The lowest BCUT2D eigenvalue weighted by Crippen LogP contribution is -2.48. The molecule has 108 valence electrons. The third-order valence-corrected chi connectivity index (χ3v) is 3.71. The van der Waals surface area contributed by atoms with Crippen LogP contribution in [0, 0.1) is 5.82 Å². The molecule has 0 heterocycles. The highest BCUT2D eigenvalue weighted by Crippen LogP contribution is 2.32. The monoisotopic (exact) mass is 279 g/mol. The van der Waals surface area contributed by atoms with Gasteiger partial charge in [-0.2, -0.15) is 0 Å². The summed E-state index contributed by atoms with van der Waals surface area (Å²) in [4.78, 5) is 23.0. The van der Waals surface area contributed by atoms with Crippen LogP contribution in [0.3, 0.4) is 0 Å². The summed E-state index contributed by atoms with van der Waals surface area (Å²) in [6, 6.07) is 5.88. The van der Waals surface area contributed by atoms with Gasteiger partial charge in [0.2, 0.25) is 5.91 Å². The SMILES string of the molecule is O=C(O)CC1(NC(=O)Cc2cccc(F)c2)CCCC1. The number of hydrogen-bond acceptors (Lipinski definition) is 2. The van der Waals surface area contributed by atoms with Crippen molar-refractivity contribution in [3.05, 3.63) is 35.6 Å². The zero-order chi connectivity index (χ0) is 14.6. The number of carbonyl (C=O) groups is 2. The van der Waals surface area contributed by atoms with E-state index in [0.717, 1.165) is 12.8 Å². The maximum atomic E-state index is 13.1. The predicted octanol–water partition coefficient (Wildman–Crippen LogP) is 2.27. The highest BCUT2D eigenvalue weighted by Gasteiger charge is 2.37. The van der Waals surface area contributed by atoms with E-state index in [2.05, 4.69) is 5.32 Å². The molecule has 1 aromatic rings. The lowest BCUT2D eigenvalue weighted by atomic mass is 9.92. The van der Waals surface area contributed by atoms with Crippen LogP contribution >= 0.6 is 0 Å². The number of aliphatic carboxylic acids is 1. The quantitative estimate of drug-likeness (QED) is 0.869. The number of rotatable bonds is 5. The van der Waals surface area contributed by atoms with Crippen LogP contribution in [0.25, 0.3) is 0 Å². The van der Waals surface area contributed by atoms with Gasteiger partial charge >= 0.3 is 5.97 Å². The van der Waals surface area contributed by atoms with Crippen LogP contribution in [0.2, 0.25) is 0 Å². The first-order chi connectivity index (χ1) is 9.49. The molecule has 1 fully saturated rings. The molecule has 1 saturated carbocycles. The smallest absolute Gasteiger partial charge is 0.305 e. The fraction of sp³-hybridized carbons (Fsp3) is 0.467. The van der Waals surface area contributed by atoms with Gasteiger partial charge in [-0.25, -0.2) is 4.39 Å². The van der Waals surface area contributed by atoms with Crippen molar-refractivity contribution in [3.8, 4) is 0 Å². The molecule has 0 radical (unpaired) electrons. The Labute approximate surface area is 117 Å². The van der Waals surface area contributed by atoms with Crippen molar-refractivity contribution < 1.29 is 19.1 Å². The minimum atomic E-state index is -0.905. The summed E-state index contributed by atoms with van der Waals surface area (Å²) in [6.07, 6.45) is 3.24. The van der Waals surface area contributed by atoms with Crippen LogP contribution in [0.4, 0.5) is 4.39 Å². The molecule has 1 aromatic carbocycles. The molecule has 0 bridgehead atoms. The third kappa shape index (κ3) is 3.79. The van der Waals surface area contributed by atoms with Crippen molar-refractivity contribution >= 4 is 11.9 Å². The van der Waals surface area contributed by atoms with E-state index in [1.54, 1.807) is 12.1 Å². The second kappa shape index (κ2) is 6.03. The average molecular weight is 279 g/mol. The van der Waals surface area contributed by atoms with E-state index in [9.17, 15) is 14.0 Å². The first-order valence-corrected chi connectivity index (χ1v) is 6.76. The van der Waals surface area contributed by atoms with Crippen LogP contribution in [-0.4, -0.2) is 22.5 Å². The second-order valence-electron chi connectivity index (χ2n) is 5.41. The van der Waals surface area contributed by atoms with Gasteiger partial charge < -0.3 is 10.4 Å².